The monoisotopic (exact) mass is 168 g/mol. The second-order valence-corrected chi connectivity index (χ2v) is 1.93. The highest BCUT2D eigenvalue weighted by Gasteiger charge is 1.98. The first kappa shape index (κ1) is 8.45. The Morgan fingerprint density at radius 1 is 1.75 bits per heavy atom. The molecular formula is C7H7FN3O. The van der Waals surface area contributed by atoms with E-state index in [1.807, 2.05) is 5.32 Å². The summed E-state index contributed by atoms with van der Waals surface area (Å²) in [6, 6.07) is 2.63. The zero-order valence-corrected chi connectivity index (χ0v) is 6.17. The van der Waals surface area contributed by atoms with Crippen molar-refractivity contribution in [3.05, 3.63) is 24.5 Å². The van der Waals surface area contributed by atoms with Gasteiger partial charge >= 0.3 is 6.03 Å². The quantitative estimate of drug-likeness (QED) is 0.645. The molecule has 0 atom stereocenters. The van der Waals surface area contributed by atoms with Crippen molar-refractivity contribution in [3.8, 4) is 0 Å². The minimum Gasteiger partial charge on any atom is -0.310 e. The lowest BCUT2D eigenvalue weighted by atomic mass is 10.4. The summed E-state index contributed by atoms with van der Waals surface area (Å²) in [5.74, 6) is 0. The van der Waals surface area contributed by atoms with Crippen molar-refractivity contribution < 1.29 is 9.18 Å². The Hall–Kier alpha value is -1.65. The molecule has 1 aromatic rings. The minimum absolute atomic E-state index is 0.406. The molecule has 0 aliphatic carbocycles. The molecule has 0 unspecified atom stereocenters. The van der Waals surface area contributed by atoms with Crippen LogP contribution in [-0.4, -0.2) is 17.8 Å². The van der Waals surface area contributed by atoms with Gasteiger partial charge in [0.25, 0.3) is 0 Å². The first-order valence-corrected chi connectivity index (χ1v) is 3.26. The zero-order chi connectivity index (χ0) is 8.81. The van der Waals surface area contributed by atoms with Crippen LogP contribution in [0.3, 0.4) is 0 Å². The van der Waals surface area contributed by atoms with Crippen molar-refractivity contribution in [3.63, 3.8) is 0 Å². The molecule has 63 valence electrons. The van der Waals surface area contributed by atoms with Crippen LogP contribution in [0.4, 0.5) is 14.9 Å². The predicted octanol–water partition coefficient (Wildman–Crippen LogP) is 0.930. The molecule has 0 saturated carbocycles. The number of amides is 2. The molecule has 0 aliphatic rings. The number of rotatable bonds is 2. The number of aromatic nitrogens is 1. The number of anilines is 1. The van der Waals surface area contributed by atoms with E-state index in [1.54, 1.807) is 12.1 Å². The molecule has 4 nitrogen and oxygen atoms in total. The fraction of sp³-hybridized carbons (Fsp3) is 0.143. The van der Waals surface area contributed by atoms with Gasteiger partial charge in [-0.2, -0.15) is 0 Å². The largest absolute Gasteiger partial charge is 0.321 e. The molecule has 2 amide bonds. The molecule has 2 N–H and O–H groups in total. The average molecular weight is 168 g/mol. The maximum atomic E-state index is 11.5. The van der Waals surface area contributed by atoms with Crippen LogP contribution in [0, 0.1) is 6.20 Å². The topological polar surface area (TPSA) is 54.0 Å². The van der Waals surface area contributed by atoms with Gasteiger partial charge in [-0.25, -0.2) is 9.18 Å². The highest BCUT2D eigenvalue weighted by molar-refractivity contribution is 5.88. The molecule has 12 heavy (non-hydrogen) atoms. The summed E-state index contributed by atoms with van der Waals surface area (Å²) in [4.78, 5) is 14.3. The van der Waals surface area contributed by atoms with Crippen molar-refractivity contribution in [1.29, 1.82) is 0 Å². The number of halogens is 1. The van der Waals surface area contributed by atoms with E-state index in [1.165, 1.54) is 6.20 Å². The molecule has 1 radical (unpaired) electrons. The zero-order valence-electron chi connectivity index (χ0n) is 6.17. The number of alkyl halides is 1. The summed E-state index contributed by atoms with van der Waals surface area (Å²) in [7, 11) is 0. The third-order valence-corrected chi connectivity index (χ3v) is 1.08. The Morgan fingerprint density at radius 3 is 3.17 bits per heavy atom. The number of hydrogen-bond acceptors (Lipinski definition) is 2. The molecule has 0 bridgehead atoms. The molecule has 5 heteroatoms. The maximum absolute atomic E-state index is 11.5. The molecule has 1 heterocycles. The van der Waals surface area contributed by atoms with E-state index < -0.39 is 12.8 Å². The Bertz CT molecular complexity index is 252. The van der Waals surface area contributed by atoms with Crippen LogP contribution >= 0.6 is 0 Å². The number of hydrogen-bond donors (Lipinski definition) is 2. The van der Waals surface area contributed by atoms with Gasteiger partial charge in [-0.05, 0) is 12.1 Å². The van der Waals surface area contributed by atoms with Gasteiger partial charge in [0, 0.05) is 6.20 Å². The Labute approximate surface area is 68.8 Å². The summed E-state index contributed by atoms with van der Waals surface area (Å²) in [5.41, 5.74) is 0.406. The van der Waals surface area contributed by atoms with Crippen LogP contribution in [0.1, 0.15) is 0 Å². The van der Waals surface area contributed by atoms with Crippen LogP contribution in [-0.2, 0) is 0 Å². The Balaban J connectivity index is 2.47. The Kier molecular flexibility index (Phi) is 3.01. The number of carbonyl (C=O) groups excluding carboxylic acids is 1. The lowest BCUT2D eigenvalue weighted by molar-refractivity contribution is 0.247. The molecule has 0 fully saturated rings. The predicted molar refractivity (Wildman–Crippen MR) is 41.2 cm³/mol. The fourth-order valence-electron chi connectivity index (χ4n) is 0.623. The first-order valence-electron chi connectivity index (χ1n) is 3.26. The van der Waals surface area contributed by atoms with Crippen LogP contribution in [0.25, 0.3) is 0 Å². The first-order chi connectivity index (χ1) is 5.83. The summed E-state index contributed by atoms with van der Waals surface area (Å²) >= 11 is 0. The average Bonchev–Trinajstić information content (AvgIpc) is 2.06. The van der Waals surface area contributed by atoms with E-state index >= 15 is 0 Å². The third-order valence-electron chi connectivity index (χ3n) is 1.08. The summed E-state index contributed by atoms with van der Waals surface area (Å²) < 4.78 is 11.5. The molecule has 0 saturated heterocycles. The minimum atomic E-state index is -0.897. The smallest absolute Gasteiger partial charge is 0.310 e. The number of nitrogens with one attached hydrogen (secondary N) is 2. The van der Waals surface area contributed by atoms with Crippen molar-refractivity contribution >= 4 is 11.7 Å². The molecule has 1 rings (SSSR count). The van der Waals surface area contributed by atoms with Crippen LogP contribution in [0.5, 0.6) is 0 Å². The lowest BCUT2D eigenvalue weighted by Crippen LogP contribution is -2.27. The van der Waals surface area contributed by atoms with Gasteiger partial charge in [0.1, 0.15) is 6.20 Å². The lowest BCUT2D eigenvalue weighted by Gasteiger charge is -2.02. The third kappa shape index (κ3) is 2.53. The molecule has 1 aromatic heterocycles. The van der Waals surface area contributed by atoms with Crippen molar-refractivity contribution in [2.24, 2.45) is 0 Å². The van der Waals surface area contributed by atoms with Crippen LogP contribution in [0.15, 0.2) is 18.3 Å². The van der Waals surface area contributed by atoms with E-state index in [9.17, 15) is 9.18 Å². The summed E-state index contributed by atoms with van der Waals surface area (Å²) in [6.07, 6.45) is 4.04. The Morgan fingerprint density at radius 2 is 2.58 bits per heavy atom. The SMILES string of the molecule is O=C(NCF)Nc1[c]nccc1. The van der Waals surface area contributed by atoms with Gasteiger partial charge in [0.15, 0.2) is 6.80 Å². The van der Waals surface area contributed by atoms with Gasteiger partial charge in [-0.3, -0.25) is 4.98 Å². The molecular weight excluding hydrogens is 161 g/mol. The van der Waals surface area contributed by atoms with Gasteiger partial charge in [-0.15, -0.1) is 0 Å². The number of urea groups is 1. The van der Waals surface area contributed by atoms with Crippen molar-refractivity contribution in [2.75, 3.05) is 12.1 Å². The van der Waals surface area contributed by atoms with Crippen LogP contribution < -0.4 is 10.6 Å². The molecule has 0 aliphatic heterocycles. The van der Waals surface area contributed by atoms with E-state index in [0.29, 0.717) is 5.69 Å². The summed E-state index contributed by atoms with van der Waals surface area (Å²) in [5, 5.41) is 4.26. The highest BCUT2D eigenvalue weighted by Crippen LogP contribution is 2.00. The second-order valence-electron chi connectivity index (χ2n) is 1.93. The standard InChI is InChI=1S/C7H7FN3O/c8-5-10-7(12)11-6-2-1-3-9-4-6/h1-3H,5H2,(H2,10,11,12). The normalized spacial score (nSPS) is 9.08. The van der Waals surface area contributed by atoms with Gasteiger partial charge in [-0.1, -0.05) is 0 Å². The number of carbonyl (C=O) groups is 1. The number of nitrogens with zero attached hydrogens (tertiary/aromatic N) is 1. The number of pyridine rings is 1. The highest BCUT2D eigenvalue weighted by atomic mass is 19.1. The summed E-state index contributed by atoms with van der Waals surface area (Å²) in [6.45, 7) is -0.897. The van der Waals surface area contributed by atoms with Gasteiger partial charge in [0.05, 0.1) is 5.69 Å². The van der Waals surface area contributed by atoms with Gasteiger partial charge < -0.3 is 10.6 Å². The van der Waals surface area contributed by atoms with E-state index in [0.717, 1.165) is 0 Å². The van der Waals surface area contributed by atoms with Crippen molar-refractivity contribution in [1.82, 2.24) is 10.3 Å². The van der Waals surface area contributed by atoms with E-state index in [2.05, 4.69) is 16.5 Å². The second kappa shape index (κ2) is 4.27. The maximum Gasteiger partial charge on any atom is 0.321 e. The van der Waals surface area contributed by atoms with E-state index in [4.69, 9.17) is 0 Å². The van der Waals surface area contributed by atoms with Gasteiger partial charge in [0.2, 0.25) is 0 Å². The van der Waals surface area contributed by atoms with E-state index in [-0.39, 0.29) is 0 Å². The molecule has 0 aromatic carbocycles. The van der Waals surface area contributed by atoms with Crippen LogP contribution in [0.2, 0.25) is 0 Å². The molecule has 0 spiro atoms. The fourth-order valence-corrected chi connectivity index (χ4v) is 0.623. The van der Waals surface area contributed by atoms with Crippen molar-refractivity contribution in [2.45, 2.75) is 0 Å².